The van der Waals surface area contributed by atoms with Gasteiger partial charge in [0.05, 0.1) is 6.61 Å². The predicted molar refractivity (Wildman–Crippen MR) is 115 cm³/mol. The molecule has 0 aliphatic carbocycles. The van der Waals surface area contributed by atoms with E-state index >= 15 is 0 Å². The van der Waals surface area contributed by atoms with Gasteiger partial charge >= 0.3 is 0 Å². The van der Waals surface area contributed by atoms with Gasteiger partial charge in [-0.2, -0.15) is 5.10 Å². The van der Waals surface area contributed by atoms with Crippen LogP contribution in [0.4, 0.5) is 5.82 Å². The number of hydrogen-bond donors (Lipinski definition) is 1. The second kappa shape index (κ2) is 10.5. The highest BCUT2D eigenvalue weighted by Gasteiger charge is 2.15. The fourth-order valence-corrected chi connectivity index (χ4v) is 2.88. The van der Waals surface area contributed by atoms with Crippen LogP contribution in [0.1, 0.15) is 29.3 Å². The van der Waals surface area contributed by atoms with Gasteiger partial charge in [0, 0.05) is 38.1 Å². The minimum atomic E-state index is -0.288. The first-order chi connectivity index (χ1) is 14.6. The summed E-state index contributed by atoms with van der Waals surface area (Å²) in [5.41, 5.74) is 1.46. The lowest BCUT2D eigenvalue weighted by molar-refractivity contribution is 0.0784. The van der Waals surface area contributed by atoms with Crippen LogP contribution in [-0.2, 0) is 18.4 Å². The molecule has 3 rings (SSSR count). The van der Waals surface area contributed by atoms with Crippen molar-refractivity contribution in [1.29, 1.82) is 0 Å². The SMILES string of the molecule is CCC(COC)Oc1cc(OCc2ccccc2)cc(C(=O)Nc2ccn(C)n2)c1. The summed E-state index contributed by atoms with van der Waals surface area (Å²) in [5.74, 6) is 1.29. The molecule has 1 heterocycles. The zero-order valence-electron chi connectivity index (χ0n) is 17.5. The van der Waals surface area contributed by atoms with Crippen molar-refractivity contribution in [2.75, 3.05) is 19.0 Å². The van der Waals surface area contributed by atoms with Crippen LogP contribution >= 0.6 is 0 Å². The highest BCUT2D eigenvalue weighted by Crippen LogP contribution is 2.26. The third-order valence-corrected chi connectivity index (χ3v) is 4.46. The van der Waals surface area contributed by atoms with Crippen molar-refractivity contribution in [2.24, 2.45) is 7.05 Å². The zero-order valence-corrected chi connectivity index (χ0v) is 17.5. The maximum absolute atomic E-state index is 12.8. The van der Waals surface area contributed by atoms with Gasteiger partial charge in [-0.25, -0.2) is 0 Å². The van der Waals surface area contributed by atoms with Crippen LogP contribution in [0.25, 0.3) is 0 Å². The molecule has 1 N–H and O–H groups in total. The Bertz CT molecular complexity index is 956. The summed E-state index contributed by atoms with van der Waals surface area (Å²) in [7, 11) is 3.43. The third kappa shape index (κ3) is 6.09. The lowest BCUT2D eigenvalue weighted by Crippen LogP contribution is -2.21. The molecule has 0 aliphatic heterocycles. The van der Waals surface area contributed by atoms with Crippen molar-refractivity contribution in [3.63, 3.8) is 0 Å². The van der Waals surface area contributed by atoms with Crippen molar-refractivity contribution in [3.05, 3.63) is 71.9 Å². The molecule has 0 aliphatic rings. The molecule has 1 aromatic heterocycles. The maximum atomic E-state index is 12.8. The molecule has 1 amide bonds. The number of carbonyl (C=O) groups excluding carboxylic acids is 1. The molecule has 0 fully saturated rings. The molecule has 7 nitrogen and oxygen atoms in total. The summed E-state index contributed by atoms with van der Waals surface area (Å²) in [4.78, 5) is 12.8. The monoisotopic (exact) mass is 409 g/mol. The van der Waals surface area contributed by atoms with Crippen LogP contribution in [-0.4, -0.2) is 35.5 Å². The van der Waals surface area contributed by atoms with Crippen LogP contribution in [0.3, 0.4) is 0 Å². The Morgan fingerprint density at radius 2 is 1.90 bits per heavy atom. The number of hydrogen-bond acceptors (Lipinski definition) is 5. The molecule has 3 aromatic rings. The van der Waals surface area contributed by atoms with E-state index in [2.05, 4.69) is 10.4 Å². The van der Waals surface area contributed by atoms with E-state index in [4.69, 9.17) is 14.2 Å². The van der Waals surface area contributed by atoms with Gasteiger partial charge in [0.15, 0.2) is 5.82 Å². The number of carbonyl (C=O) groups is 1. The Hall–Kier alpha value is -3.32. The van der Waals surface area contributed by atoms with Crippen molar-refractivity contribution in [2.45, 2.75) is 26.1 Å². The Kier molecular flexibility index (Phi) is 7.45. The van der Waals surface area contributed by atoms with Gasteiger partial charge in [0.25, 0.3) is 5.91 Å². The Balaban J connectivity index is 1.81. The lowest BCUT2D eigenvalue weighted by Gasteiger charge is -2.18. The highest BCUT2D eigenvalue weighted by molar-refractivity contribution is 6.04. The summed E-state index contributed by atoms with van der Waals surface area (Å²) in [5, 5.41) is 6.98. The summed E-state index contributed by atoms with van der Waals surface area (Å²) in [6, 6.07) is 16.8. The van der Waals surface area contributed by atoms with Crippen molar-refractivity contribution in [1.82, 2.24) is 9.78 Å². The smallest absolute Gasteiger partial charge is 0.257 e. The van der Waals surface area contributed by atoms with Gasteiger partial charge in [-0.1, -0.05) is 37.3 Å². The number of aryl methyl sites for hydroxylation is 1. The van der Waals surface area contributed by atoms with Gasteiger partial charge in [0.1, 0.15) is 24.2 Å². The molecule has 2 aromatic carbocycles. The van der Waals surface area contributed by atoms with Gasteiger partial charge in [-0.05, 0) is 24.1 Å². The van der Waals surface area contributed by atoms with Crippen molar-refractivity contribution in [3.8, 4) is 11.5 Å². The molecule has 0 radical (unpaired) electrons. The number of benzene rings is 2. The summed E-state index contributed by atoms with van der Waals surface area (Å²) in [6.45, 7) is 2.87. The summed E-state index contributed by atoms with van der Waals surface area (Å²) >= 11 is 0. The number of nitrogens with one attached hydrogen (secondary N) is 1. The quantitative estimate of drug-likeness (QED) is 0.547. The molecule has 0 spiro atoms. The second-order valence-corrected chi connectivity index (χ2v) is 6.90. The average Bonchev–Trinajstić information content (AvgIpc) is 3.17. The number of methoxy groups -OCH3 is 1. The summed E-state index contributed by atoms with van der Waals surface area (Å²) in [6.07, 6.45) is 2.42. The van der Waals surface area contributed by atoms with E-state index in [9.17, 15) is 4.79 Å². The maximum Gasteiger partial charge on any atom is 0.257 e. The Labute approximate surface area is 176 Å². The van der Waals surface area contributed by atoms with Crippen LogP contribution < -0.4 is 14.8 Å². The molecule has 7 heteroatoms. The number of ether oxygens (including phenoxy) is 3. The number of anilines is 1. The first kappa shape index (κ1) is 21.4. The third-order valence-electron chi connectivity index (χ3n) is 4.46. The van der Waals surface area contributed by atoms with Gasteiger partial charge in [-0.3, -0.25) is 9.48 Å². The van der Waals surface area contributed by atoms with Crippen molar-refractivity contribution >= 4 is 11.7 Å². The fraction of sp³-hybridized carbons (Fsp3) is 0.304. The predicted octanol–water partition coefficient (Wildman–Crippen LogP) is 4.06. The molecular formula is C23H27N3O4. The standard InChI is InChI=1S/C23H27N3O4/c1-4-19(16-28-3)30-21-13-18(23(27)24-22-10-11-26(2)25-22)12-20(14-21)29-15-17-8-6-5-7-9-17/h5-14,19H,4,15-16H2,1-3H3,(H,24,25,27). The minimum Gasteiger partial charge on any atom is -0.489 e. The van der Waals surface area contributed by atoms with E-state index in [0.717, 1.165) is 12.0 Å². The highest BCUT2D eigenvalue weighted by atomic mass is 16.5. The van der Waals surface area contributed by atoms with E-state index < -0.39 is 0 Å². The minimum absolute atomic E-state index is 0.119. The first-order valence-corrected chi connectivity index (χ1v) is 9.85. The van der Waals surface area contributed by atoms with Crippen LogP contribution in [0.2, 0.25) is 0 Å². The Morgan fingerprint density at radius 3 is 2.57 bits per heavy atom. The number of nitrogens with zero attached hydrogens (tertiary/aromatic N) is 2. The van der Waals surface area contributed by atoms with E-state index in [-0.39, 0.29) is 12.0 Å². The summed E-state index contributed by atoms with van der Waals surface area (Å²) < 4.78 is 18.8. The molecule has 1 unspecified atom stereocenters. The molecule has 0 saturated carbocycles. The number of rotatable bonds is 10. The molecule has 0 saturated heterocycles. The van der Waals surface area contributed by atoms with Gasteiger partial charge < -0.3 is 19.5 Å². The molecule has 158 valence electrons. The molecule has 1 atom stereocenters. The van der Waals surface area contributed by atoms with Crippen LogP contribution in [0, 0.1) is 0 Å². The molecule has 30 heavy (non-hydrogen) atoms. The van der Waals surface area contributed by atoms with Gasteiger partial charge in [-0.15, -0.1) is 0 Å². The Morgan fingerprint density at radius 1 is 1.13 bits per heavy atom. The normalized spacial score (nSPS) is 11.7. The van der Waals surface area contributed by atoms with Gasteiger partial charge in [0.2, 0.25) is 0 Å². The topological polar surface area (TPSA) is 74.6 Å². The lowest BCUT2D eigenvalue weighted by atomic mass is 10.1. The van der Waals surface area contributed by atoms with E-state index in [1.807, 2.05) is 37.3 Å². The van der Waals surface area contributed by atoms with E-state index in [1.165, 1.54) is 0 Å². The van der Waals surface area contributed by atoms with E-state index in [1.54, 1.807) is 49.3 Å². The van der Waals surface area contributed by atoms with Crippen LogP contribution in [0.15, 0.2) is 60.8 Å². The number of amides is 1. The first-order valence-electron chi connectivity index (χ1n) is 9.85. The zero-order chi connectivity index (χ0) is 21.3. The van der Waals surface area contributed by atoms with E-state index in [0.29, 0.717) is 36.1 Å². The van der Waals surface area contributed by atoms with Crippen LogP contribution in [0.5, 0.6) is 11.5 Å². The fourth-order valence-electron chi connectivity index (χ4n) is 2.88. The van der Waals surface area contributed by atoms with Crippen molar-refractivity contribution < 1.29 is 19.0 Å². The largest absolute Gasteiger partial charge is 0.489 e. The number of aromatic nitrogens is 2. The average molecular weight is 409 g/mol. The second-order valence-electron chi connectivity index (χ2n) is 6.90. The molecular weight excluding hydrogens is 382 g/mol. The molecule has 0 bridgehead atoms.